The molecule has 2 rings (SSSR count). The molecule has 5 nitrogen and oxygen atoms in total. The fourth-order valence-electron chi connectivity index (χ4n) is 2.39. The largest absolute Gasteiger partial charge is 0.348 e. The number of nitrogens with one attached hydrogen (secondary N) is 1. The van der Waals surface area contributed by atoms with Gasteiger partial charge in [0.25, 0.3) is 0 Å². The molecule has 0 saturated carbocycles. The summed E-state index contributed by atoms with van der Waals surface area (Å²) in [5.74, 6) is -0.0406. The molecule has 0 aromatic carbocycles. The molecular formula is C17H24N4O. The molecule has 0 saturated heterocycles. The highest BCUT2D eigenvalue weighted by molar-refractivity contribution is 5.76. The fourth-order valence-corrected chi connectivity index (χ4v) is 2.39. The zero-order valence-corrected chi connectivity index (χ0v) is 13.7. The predicted octanol–water partition coefficient (Wildman–Crippen LogP) is 2.88. The normalized spacial score (nSPS) is 12.9. The van der Waals surface area contributed by atoms with E-state index in [1.54, 1.807) is 17.1 Å². The van der Waals surface area contributed by atoms with E-state index in [-0.39, 0.29) is 23.9 Å². The second-order valence-corrected chi connectivity index (χ2v) is 6.89. The summed E-state index contributed by atoms with van der Waals surface area (Å²) in [6.45, 7) is 8.69. The summed E-state index contributed by atoms with van der Waals surface area (Å²) in [4.78, 5) is 16.5. The first-order valence-electron chi connectivity index (χ1n) is 7.52. The summed E-state index contributed by atoms with van der Waals surface area (Å²) >= 11 is 0. The lowest BCUT2D eigenvalue weighted by atomic mass is 9.86. The van der Waals surface area contributed by atoms with Crippen LogP contribution in [0, 0.1) is 12.3 Å². The van der Waals surface area contributed by atoms with Gasteiger partial charge in [-0.1, -0.05) is 26.8 Å². The Morgan fingerprint density at radius 3 is 2.68 bits per heavy atom. The molecule has 2 heterocycles. The van der Waals surface area contributed by atoms with E-state index in [1.165, 1.54) is 0 Å². The van der Waals surface area contributed by atoms with E-state index < -0.39 is 0 Å². The Morgan fingerprint density at radius 1 is 1.36 bits per heavy atom. The van der Waals surface area contributed by atoms with Gasteiger partial charge in [0.05, 0.1) is 12.2 Å². The molecule has 0 aliphatic rings. The summed E-state index contributed by atoms with van der Waals surface area (Å²) in [6, 6.07) is 3.85. The maximum absolute atomic E-state index is 12.3. The minimum absolute atomic E-state index is 0.0406. The minimum atomic E-state index is -0.0436. The first kappa shape index (κ1) is 16.2. The molecule has 0 aliphatic heterocycles. The number of pyridine rings is 1. The molecule has 0 spiro atoms. The number of carbonyl (C=O) groups is 1. The van der Waals surface area contributed by atoms with Crippen LogP contribution in [0.25, 0.3) is 0 Å². The van der Waals surface area contributed by atoms with Crippen LogP contribution in [0.3, 0.4) is 0 Å². The Kier molecular flexibility index (Phi) is 4.96. The molecule has 22 heavy (non-hydrogen) atoms. The van der Waals surface area contributed by atoms with E-state index in [1.807, 2.05) is 31.5 Å². The van der Waals surface area contributed by atoms with Crippen molar-refractivity contribution in [3.8, 4) is 0 Å². The number of aryl methyl sites for hydroxylation is 1. The van der Waals surface area contributed by atoms with Crippen molar-refractivity contribution in [3.05, 3.63) is 48.0 Å². The van der Waals surface area contributed by atoms with Crippen molar-refractivity contribution in [1.29, 1.82) is 0 Å². The number of amides is 1. The van der Waals surface area contributed by atoms with Crippen LogP contribution in [0.15, 0.2) is 36.9 Å². The van der Waals surface area contributed by atoms with Gasteiger partial charge in [0.1, 0.15) is 6.54 Å². The molecular weight excluding hydrogens is 276 g/mol. The average Bonchev–Trinajstić information content (AvgIpc) is 2.82. The van der Waals surface area contributed by atoms with E-state index in [9.17, 15) is 4.79 Å². The van der Waals surface area contributed by atoms with Crippen LogP contribution in [0.4, 0.5) is 0 Å². The SMILES string of the molecule is Cc1cnn(CC(=O)NC(CC(C)(C)C)c2cccnc2)c1. The molecule has 2 aromatic heterocycles. The van der Waals surface area contributed by atoms with E-state index in [0.29, 0.717) is 0 Å². The van der Waals surface area contributed by atoms with Crippen molar-refractivity contribution < 1.29 is 4.79 Å². The van der Waals surface area contributed by atoms with Gasteiger partial charge in [-0.3, -0.25) is 14.5 Å². The lowest BCUT2D eigenvalue weighted by molar-refractivity contribution is -0.122. The van der Waals surface area contributed by atoms with Gasteiger partial charge in [-0.25, -0.2) is 0 Å². The number of aromatic nitrogens is 3. The summed E-state index contributed by atoms with van der Waals surface area (Å²) in [5, 5.41) is 7.26. The van der Waals surface area contributed by atoms with Gasteiger partial charge in [0, 0.05) is 18.6 Å². The molecule has 0 bridgehead atoms. The van der Waals surface area contributed by atoms with Gasteiger partial charge in [0.2, 0.25) is 5.91 Å². The first-order chi connectivity index (χ1) is 10.3. The third-order valence-corrected chi connectivity index (χ3v) is 3.31. The smallest absolute Gasteiger partial charge is 0.242 e. The molecule has 5 heteroatoms. The van der Waals surface area contributed by atoms with Gasteiger partial charge in [-0.15, -0.1) is 0 Å². The van der Waals surface area contributed by atoms with Crippen molar-refractivity contribution in [2.24, 2.45) is 5.41 Å². The van der Waals surface area contributed by atoms with Crippen molar-refractivity contribution in [3.63, 3.8) is 0 Å². The Labute approximate surface area is 131 Å². The number of carbonyl (C=O) groups excluding carboxylic acids is 1. The van der Waals surface area contributed by atoms with Crippen LogP contribution in [-0.2, 0) is 11.3 Å². The van der Waals surface area contributed by atoms with Crippen LogP contribution in [0.2, 0.25) is 0 Å². The molecule has 0 radical (unpaired) electrons. The number of nitrogens with zero attached hydrogens (tertiary/aromatic N) is 3. The van der Waals surface area contributed by atoms with E-state index >= 15 is 0 Å². The highest BCUT2D eigenvalue weighted by Gasteiger charge is 2.22. The van der Waals surface area contributed by atoms with Crippen LogP contribution in [0.5, 0.6) is 0 Å². The van der Waals surface area contributed by atoms with Crippen LogP contribution >= 0.6 is 0 Å². The topological polar surface area (TPSA) is 59.8 Å². The molecule has 0 aliphatic carbocycles. The summed E-state index contributed by atoms with van der Waals surface area (Å²) < 4.78 is 1.65. The van der Waals surface area contributed by atoms with Gasteiger partial charge >= 0.3 is 0 Å². The molecule has 1 unspecified atom stereocenters. The summed E-state index contributed by atoms with van der Waals surface area (Å²) in [5.41, 5.74) is 2.18. The highest BCUT2D eigenvalue weighted by Crippen LogP contribution is 2.29. The Balaban J connectivity index is 2.07. The van der Waals surface area contributed by atoms with Gasteiger partial charge in [-0.2, -0.15) is 5.10 Å². The highest BCUT2D eigenvalue weighted by atomic mass is 16.2. The van der Waals surface area contributed by atoms with Crippen LogP contribution < -0.4 is 5.32 Å². The lowest BCUT2D eigenvalue weighted by Gasteiger charge is -2.27. The first-order valence-corrected chi connectivity index (χ1v) is 7.52. The zero-order valence-electron chi connectivity index (χ0n) is 13.7. The van der Waals surface area contributed by atoms with Crippen molar-refractivity contribution in [2.75, 3.05) is 0 Å². The van der Waals surface area contributed by atoms with Gasteiger partial charge < -0.3 is 5.32 Å². The van der Waals surface area contributed by atoms with E-state index in [0.717, 1.165) is 17.5 Å². The van der Waals surface area contributed by atoms with Crippen LogP contribution in [-0.4, -0.2) is 20.7 Å². The van der Waals surface area contributed by atoms with E-state index in [2.05, 4.69) is 36.2 Å². The second-order valence-electron chi connectivity index (χ2n) is 6.89. The Hall–Kier alpha value is -2.17. The molecule has 118 valence electrons. The molecule has 1 amide bonds. The molecule has 2 aromatic rings. The standard InChI is InChI=1S/C17H24N4O/c1-13-9-19-21(11-13)12-16(22)20-15(8-17(2,3)4)14-6-5-7-18-10-14/h5-7,9-11,15H,8,12H2,1-4H3,(H,20,22). The summed E-state index contributed by atoms with van der Waals surface area (Å²) in [7, 11) is 0. The van der Waals surface area contributed by atoms with Crippen molar-refractivity contribution in [2.45, 2.75) is 46.7 Å². The quantitative estimate of drug-likeness (QED) is 0.923. The Morgan fingerprint density at radius 2 is 2.14 bits per heavy atom. The molecule has 1 N–H and O–H groups in total. The minimum Gasteiger partial charge on any atom is -0.348 e. The van der Waals surface area contributed by atoms with E-state index in [4.69, 9.17) is 0 Å². The maximum atomic E-state index is 12.3. The summed E-state index contributed by atoms with van der Waals surface area (Å²) in [6.07, 6.45) is 8.02. The lowest BCUT2D eigenvalue weighted by Crippen LogP contribution is -2.33. The third kappa shape index (κ3) is 4.98. The van der Waals surface area contributed by atoms with Crippen molar-refractivity contribution in [1.82, 2.24) is 20.1 Å². The third-order valence-electron chi connectivity index (χ3n) is 3.31. The van der Waals surface area contributed by atoms with Crippen molar-refractivity contribution >= 4 is 5.91 Å². The van der Waals surface area contributed by atoms with Gasteiger partial charge in [0.15, 0.2) is 0 Å². The predicted molar refractivity (Wildman–Crippen MR) is 86.2 cm³/mol. The number of hydrogen-bond donors (Lipinski definition) is 1. The Bertz CT molecular complexity index is 613. The van der Waals surface area contributed by atoms with Crippen LogP contribution in [0.1, 0.15) is 44.4 Å². The molecule has 1 atom stereocenters. The second kappa shape index (κ2) is 6.73. The number of hydrogen-bond acceptors (Lipinski definition) is 3. The average molecular weight is 300 g/mol. The molecule has 0 fully saturated rings. The zero-order chi connectivity index (χ0) is 16.2. The fraction of sp³-hybridized carbons (Fsp3) is 0.471. The number of rotatable bonds is 5. The van der Waals surface area contributed by atoms with Gasteiger partial charge in [-0.05, 0) is 36.0 Å². The maximum Gasteiger partial charge on any atom is 0.242 e. The monoisotopic (exact) mass is 300 g/mol.